The summed E-state index contributed by atoms with van der Waals surface area (Å²) in [6.45, 7) is 1.77. The number of hydrogen-bond acceptors (Lipinski definition) is 4. The normalized spacial score (nSPS) is 9.40. The van der Waals surface area contributed by atoms with Gasteiger partial charge in [-0.2, -0.15) is 0 Å². The molecule has 1 rings (SSSR count). The van der Waals surface area contributed by atoms with E-state index in [2.05, 4.69) is 16.2 Å². The molecule has 4 heteroatoms. The lowest BCUT2D eigenvalue weighted by atomic mass is 10.5. The van der Waals surface area contributed by atoms with Crippen LogP contribution < -0.4 is 10.5 Å². The summed E-state index contributed by atoms with van der Waals surface area (Å²) in [5.41, 5.74) is 6.08. The maximum Gasteiger partial charge on any atom is 0.257 e. The van der Waals surface area contributed by atoms with Crippen molar-refractivity contribution in [3.8, 4) is 5.88 Å². The monoisotopic (exact) mass is 138 g/mol. The van der Waals surface area contributed by atoms with Crippen molar-refractivity contribution >= 4 is 5.82 Å². The van der Waals surface area contributed by atoms with Gasteiger partial charge in [0, 0.05) is 0 Å². The molecule has 0 aliphatic rings. The molecule has 0 amide bonds. The van der Waals surface area contributed by atoms with E-state index in [-0.39, 0.29) is 0 Å². The summed E-state index contributed by atoms with van der Waals surface area (Å²) in [7, 11) is 1.49. The van der Waals surface area contributed by atoms with Crippen LogP contribution in [0, 0.1) is 13.1 Å². The van der Waals surface area contributed by atoms with Crippen molar-refractivity contribution in [2.45, 2.75) is 6.92 Å². The molecule has 10 heavy (non-hydrogen) atoms. The zero-order chi connectivity index (χ0) is 7.56. The van der Waals surface area contributed by atoms with E-state index in [4.69, 9.17) is 10.5 Å². The first-order valence-corrected chi connectivity index (χ1v) is 2.80. The molecule has 0 aliphatic heterocycles. The van der Waals surface area contributed by atoms with Crippen LogP contribution in [0.2, 0.25) is 0 Å². The summed E-state index contributed by atoms with van der Waals surface area (Å²) in [6.07, 6.45) is 2.63. The third kappa shape index (κ3) is 1.15. The van der Waals surface area contributed by atoms with Crippen molar-refractivity contribution < 1.29 is 4.74 Å². The highest BCUT2D eigenvalue weighted by molar-refractivity contribution is 5.39. The topological polar surface area (TPSA) is 61.0 Å². The van der Waals surface area contributed by atoms with Gasteiger partial charge in [-0.15, -0.1) is 0 Å². The van der Waals surface area contributed by atoms with Gasteiger partial charge < -0.3 is 10.5 Å². The summed E-state index contributed by atoms with van der Waals surface area (Å²) in [4.78, 5) is 7.64. The van der Waals surface area contributed by atoms with E-state index in [0.717, 1.165) is 0 Å². The lowest BCUT2D eigenvalue weighted by molar-refractivity contribution is 0.398. The molecule has 1 radical (unpaired) electrons. The highest BCUT2D eigenvalue weighted by Crippen LogP contribution is 2.12. The molecule has 1 aromatic rings. The van der Waals surface area contributed by atoms with Gasteiger partial charge in [0.2, 0.25) is 0 Å². The Balaban J connectivity index is 3.07. The van der Waals surface area contributed by atoms with Crippen molar-refractivity contribution in [1.82, 2.24) is 9.97 Å². The van der Waals surface area contributed by atoms with Crippen molar-refractivity contribution in [3.63, 3.8) is 0 Å². The number of aryl methyl sites for hydroxylation is 1. The van der Waals surface area contributed by atoms with Crippen molar-refractivity contribution in [3.05, 3.63) is 11.9 Å². The molecule has 0 saturated heterocycles. The van der Waals surface area contributed by atoms with Gasteiger partial charge in [-0.1, -0.05) is 0 Å². The number of aromatic nitrogens is 2. The smallest absolute Gasteiger partial charge is 0.257 e. The van der Waals surface area contributed by atoms with Crippen LogP contribution in [0.15, 0.2) is 0 Å². The van der Waals surface area contributed by atoms with E-state index in [1.165, 1.54) is 7.11 Å². The third-order valence-electron chi connectivity index (χ3n) is 1.02. The SMILES string of the molecule is COc1n[c]c(C)nc1N. The summed E-state index contributed by atoms with van der Waals surface area (Å²) >= 11 is 0. The summed E-state index contributed by atoms with van der Waals surface area (Å²) in [5.74, 6) is 0.629. The number of methoxy groups -OCH3 is 1. The second kappa shape index (κ2) is 2.51. The predicted octanol–water partition coefficient (Wildman–Crippen LogP) is 0.176. The Morgan fingerprint density at radius 2 is 2.30 bits per heavy atom. The maximum atomic E-state index is 5.41. The lowest BCUT2D eigenvalue weighted by Crippen LogP contribution is -1.99. The quantitative estimate of drug-likeness (QED) is 0.601. The molecule has 0 atom stereocenters. The van der Waals surface area contributed by atoms with Crippen LogP contribution in [0.4, 0.5) is 5.82 Å². The first kappa shape index (κ1) is 6.80. The van der Waals surface area contributed by atoms with Gasteiger partial charge in [0.05, 0.1) is 12.8 Å². The molecule has 0 saturated carbocycles. The average molecular weight is 138 g/mol. The molecule has 2 N–H and O–H groups in total. The minimum Gasteiger partial charge on any atom is -0.478 e. The Morgan fingerprint density at radius 3 is 2.80 bits per heavy atom. The standard InChI is InChI=1S/C6H8N3O/c1-4-3-8-6(10-2)5(7)9-4/h1-2H3,(H2,7,9). The third-order valence-corrected chi connectivity index (χ3v) is 1.02. The van der Waals surface area contributed by atoms with Crippen LogP contribution in [0.25, 0.3) is 0 Å². The summed E-state index contributed by atoms with van der Waals surface area (Å²) in [6, 6.07) is 0. The molecule has 4 nitrogen and oxygen atoms in total. The van der Waals surface area contributed by atoms with Gasteiger partial charge in [0.25, 0.3) is 5.88 Å². The van der Waals surface area contributed by atoms with Gasteiger partial charge in [-0.25, -0.2) is 9.97 Å². The Hall–Kier alpha value is -1.32. The Bertz CT molecular complexity index is 236. The number of ether oxygens (including phenoxy) is 1. The summed E-state index contributed by atoms with van der Waals surface area (Å²) < 4.78 is 4.77. The molecule has 53 valence electrons. The molecule has 1 heterocycles. The molecule has 0 spiro atoms. The molecular weight excluding hydrogens is 130 g/mol. The van der Waals surface area contributed by atoms with Crippen molar-refractivity contribution in [2.75, 3.05) is 12.8 Å². The van der Waals surface area contributed by atoms with Gasteiger partial charge in [0.1, 0.15) is 6.20 Å². The van der Waals surface area contributed by atoms with Crippen molar-refractivity contribution in [1.29, 1.82) is 0 Å². The highest BCUT2D eigenvalue weighted by atomic mass is 16.5. The van der Waals surface area contributed by atoms with Crippen LogP contribution >= 0.6 is 0 Å². The number of hydrogen-bond donors (Lipinski definition) is 1. The summed E-state index contributed by atoms with van der Waals surface area (Å²) in [5, 5.41) is 0. The van der Waals surface area contributed by atoms with Gasteiger partial charge >= 0.3 is 0 Å². The highest BCUT2D eigenvalue weighted by Gasteiger charge is 2.00. The minimum atomic E-state index is 0.304. The molecular formula is C6H8N3O. The van der Waals surface area contributed by atoms with Gasteiger partial charge in [-0.05, 0) is 6.92 Å². The zero-order valence-electron chi connectivity index (χ0n) is 5.88. The second-order valence-corrected chi connectivity index (χ2v) is 1.82. The van der Waals surface area contributed by atoms with Crippen LogP contribution in [-0.2, 0) is 0 Å². The molecule has 0 aliphatic carbocycles. The average Bonchev–Trinajstić information content (AvgIpc) is 1.88. The molecule has 0 aromatic carbocycles. The van der Waals surface area contributed by atoms with E-state index in [9.17, 15) is 0 Å². The second-order valence-electron chi connectivity index (χ2n) is 1.82. The van der Waals surface area contributed by atoms with E-state index in [0.29, 0.717) is 17.4 Å². The lowest BCUT2D eigenvalue weighted by Gasteiger charge is -2.00. The number of nitrogens with zero attached hydrogens (tertiary/aromatic N) is 2. The zero-order valence-corrected chi connectivity index (χ0v) is 5.88. The van der Waals surface area contributed by atoms with Crippen molar-refractivity contribution in [2.24, 2.45) is 0 Å². The number of nitrogen functional groups attached to an aromatic ring is 1. The van der Waals surface area contributed by atoms with E-state index >= 15 is 0 Å². The molecule has 0 unspecified atom stereocenters. The first-order valence-electron chi connectivity index (χ1n) is 2.80. The van der Waals surface area contributed by atoms with Crippen LogP contribution in [0.3, 0.4) is 0 Å². The van der Waals surface area contributed by atoms with E-state index in [1.807, 2.05) is 0 Å². The van der Waals surface area contributed by atoms with Crippen LogP contribution in [0.1, 0.15) is 5.69 Å². The molecule has 0 fully saturated rings. The predicted molar refractivity (Wildman–Crippen MR) is 36.6 cm³/mol. The van der Waals surface area contributed by atoms with Gasteiger partial charge in [0.15, 0.2) is 5.82 Å². The Kier molecular flexibility index (Phi) is 1.71. The molecule has 0 bridgehead atoms. The Morgan fingerprint density at radius 1 is 1.60 bits per heavy atom. The number of anilines is 1. The minimum absolute atomic E-state index is 0.304. The van der Waals surface area contributed by atoms with Gasteiger partial charge in [-0.3, -0.25) is 0 Å². The number of rotatable bonds is 1. The fourth-order valence-corrected chi connectivity index (χ4v) is 0.593. The fourth-order valence-electron chi connectivity index (χ4n) is 0.593. The first-order chi connectivity index (χ1) is 4.74. The number of nitrogens with two attached hydrogens (primary N) is 1. The van der Waals surface area contributed by atoms with Crippen LogP contribution in [-0.4, -0.2) is 17.1 Å². The molecule has 1 aromatic heterocycles. The fraction of sp³-hybridized carbons (Fsp3) is 0.333. The Labute approximate surface area is 59.1 Å². The van der Waals surface area contributed by atoms with Crippen LogP contribution in [0.5, 0.6) is 5.88 Å². The van der Waals surface area contributed by atoms with E-state index < -0.39 is 0 Å². The maximum absolute atomic E-state index is 5.41. The largest absolute Gasteiger partial charge is 0.478 e. The van der Waals surface area contributed by atoms with E-state index in [1.54, 1.807) is 6.92 Å².